The van der Waals surface area contributed by atoms with Crippen molar-refractivity contribution in [3.8, 4) is 11.5 Å². The number of aryl methyl sites for hydroxylation is 1. The van der Waals surface area contributed by atoms with E-state index in [0.29, 0.717) is 17.9 Å². The molecule has 1 aliphatic heterocycles. The van der Waals surface area contributed by atoms with E-state index in [0.717, 1.165) is 22.9 Å². The maximum Gasteiger partial charge on any atom is 0.341 e. The molecule has 1 heterocycles. The zero-order valence-corrected chi connectivity index (χ0v) is 17.4. The Morgan fingerprint density at radius 3 is 2.53 bits per heavy atom. The van der Waals surface area contributed by atoms with Crippen molar-refractivity contribution in [2.75, 3.05) is 13.2 Å². The third-order valence-corrected chi connectivity index (χ3v) is 5.18. The number of imide groups is 1. The van der Waals surface area contributed by atoms with E-state index in [1.54, 1.807) is 25.1 Å². The second kappa shape index (κ2) is 9.49. The number of amides is 2. The highest BCUT2D eigenvalue weighted by Gasteiger charge is 2.35. The smallest absolute Gasteiger partial charge is 0.341 e. The van der Waals surface area contributed by atoms with E-state index in [1.165, 1.54) is 11.0 Å². The molecule has 0 bridgehead atoms. The second-order valence-electron chi connectivity index (χ2n) is 6.54. The first-order valence-corrected chi connectivity index (χ1v) is 10.1. The maximum absolute atomic E-state index is 12.8. The lowest BCUT2D eigenvalue weighted by molar-refractivity contribution is -0.139. The number of benzene rings is 2. The van der Waals surface area contributed by atoms with Gasteiger partial charge in [-0.05, 0) is 43.3 Å². The van der Waals surface area contributed by atoms with Gasteiger partial charge in [0.25, 0.3) is 11.1 Å². The third-order valence-electron chi connectivity index (χ3n) is 4.27. The summed E-state index contributed by atoms with van der Waals surface area (Å²) in [5.41, 5.74) is 2.41. The molecule has 1 fully saturated rings. The quantitative estimate of drug-likeness (QED) is 0.634. The van der Waals surface area contributed by atoms with Gasteiger partial charge in [0.1, 0.15) is 0 Å². The summed E-state index contributed by atoms with van der Waals surface area (Å²) in [5, 5.41) is 8.59. The van der Waals surface area contributed by atoms with E-state index < -0.39 is 18.5 Å². The normalized spacial score (nSPS) is 15.0. The molecule has 1 saturated heterocycles. The van der Waals surface area contributed by atoms with Crippen LogP contribution < -0.4 is 9.47 Å². The number of ether oxygens (including phenoxy) is 2. The first-order valence-electron chi connectivity index (χ1n) is 9.30. The van der Waals surface area contributed by atoms with Crippen LogP contribution in [0.1, 0.15) is 23.6 Å². The zero-order chi connectivity index (χ0) is 21.7. The number of rotatable bonds is 8. The topological polar surface area (TPSA) is 93.1 Å². The van der Waals surface area contributed by atoms with Gasteiger partial charge in [-0.25, -0.2) is 4.79 Å². The molecule has 8 heteroatoms. The predicted octanol–water partition coefficient (Wildman–Crippen LogP) is 4.09. The Labute approximate surface area is 178 Å². The van der Waals surface area contributed by atoms with E-state index in [4.69, 9.17) is 14.6 Å². The number of hydrogen-bond donors (Lipinski definition) is 1. The van der Waals surface area contributed by atoms with Gasteiger partial charge in [-0.1, -0.05) is 42.0 Å². The standard InChI is InChI=1S/C22H21NO6S/c1-3-28-17-6-4-5-16(20(17)29-13-19(24)25)11-18-21(26)23(22(27)30-18)12-15-9-7-14(2)8-10-15/h4-11H,3,12-13H2,1-2H3,(H,24,25)/b18-11-. The van der Waals surface area contributed by atoms with Crippen molar-refractivity contribution in [3.63, 3.8) is 0 Å². The molecule has 156 valence electrons. The van der Waals surface area contributed by atoms with Gasteiger partial charge < -0.3 is 14.6 Å². The SMILES string of the molecule is CCOc1cccc(/C=C2\SC(=O)N(Cc3ccc(C)cc3)C2=O)c1OCC(=O)O. The van der Waals surface area contributed by atoms with Crippen LogP contribution in [0.25, 0.3) is 6.08 Å². The van der Waals surface area contributed by atoms with Crippen LogP contribution in [-0.2, 0) is 16.1 Å². The minimum absolute atomic E-state index is 0.184. The van der Waals surface area contributed by atoms with Crippen LogP contribution in [0.5, 0.6) is 11.5 Å². The average Bonchev–Trinajstić information content (AvgIpc) is 2.96. The first kappa shape index (κ1) is 21.4. The van der Waals surface area contributed by atoms with Crippen LogP contribution in [-0.4, -0.2) is 40.3 Å². The van der Waals surface area contributed by atoms with Crippen LogP contribution in [0, 0.1) is 6.92 Å². The Morgan fingerprint density at radius 1 is 1.13 bits per heavy atom. The van der Waals surface area contributed by atoms with E-state index in [-0.39, 0.29) is 22.4 Å². The van der Waals surface area contributed by atoms with E-state index >= 15 is 0 Å². The third kappa shape index (κ3) is 5.01. The number of carbonyl (C=O) groups excluding carboxylic acids is 2. The van der Waals surface area contributed by atoms with Gasteiger partial charge in [-0.15, -0.1) is 0 Å². The fraction of sp³-hybridized carbons (Fsp3) is 0.227. The van der Waals surface area contributed by atoms with Crippen LogP contribution in [0.15, 0.2) is 47.4 Å². The zero-order valence-electron chi connectivity index (χ0n) is 16.6. The van der Waals surface area contributed by atoms with Crippen molar-refractivity contribution >= 4 is 35.0 Å². The van der Waals surface area contributed by atoms with Crippen molar-refractivity contribution in [2.45, 2.75) is 20.4 Å². The molecule has 1 N–H and O–H groups in total. The molecular weight excluding hydrogens is 406 g/mol. The van der Waals surface area contributed by atoms with Crippen LogP contribution in [0.3, 0.4) is 0 Å². The number of thioether (sulfide) groups is 1. The summed E-state index contributed by atoms with van der Waals surface area (Å²) in [7, 11) is 0. The van der Waals surface area contributed by atoms with Gasteiger partial charge in [0.05, 0.1) is 18.1 Å². The summed E-state index contributed by atoms with van der Waals surface area (Å²) in [4.78, 5) is 37.6. The van der Waals surface area contributed by atoms with Gasteiger partial charge in [0.15, 0.2) is 18.1 Å². The molecule has 1 aliphatic rings. The Morgan fingerprint density at radius 2 is 1.87 bits per heavy atom. The predicted molar refractivity (Wildman–Crippen MR) is 113 cm³/mol. The lowest BCUT2D eigenvalue weighted by Gasteiger charge is -2.14. The molecule has 30 heavy (non-hydrogen) atoms. The van der Waals surface area contributed by atoms with E-state index in [1.807, 2.05) is 31.2 Å². The van der Waals surface area contributed by atoms with Crippen molar-refractivity contribution in [3.05, 3.63) is 64.1 Å². The van der Waals surface area contributed by atoms with Crippen molar-refractivity contribution in [1.29, 1.82) is 0 Å². The van der Waals surface area contributed by atoms with Crippen LogP contribution in [0.2, 0.25) is 0 Å². The maximum atomic E-state index is 12.8. The van der Waals surface area contributed by atoms with Crippen molar-refractivity contribution < 1.29 is 29.0 Å². The van der Waals surface area contributed by atoms with Crippen LogP contribution in [0.4, 0.5) is 4.79 Å². The van der Waals surface area contributed by atoms with Crippen LogP contribution >= 0.6 is 11.8 Å². The molecule has 0 saturated carbocycles. The van der Waals surface area contributed by atoms with Gasteiger partial charge in [0.2, 0.25) is 0 Å². The number of aliphatic carboxylic acids is 1. The minimum Gasteiger partial charge on any atom is -0.490 e. The lowest BCUT2D eigenvalue weighted by atomic mass is 10.1. The summed E-state index contributed by atoms with van der Waals surface area (Å²) in [5.74, 6) is -0.958. The molecule has 0 aliphatic carbocycles. The number of carboxylic acids is 1. The number of hydrogen-bond acceptors (Lipinski definition) is 6. The van der Waals surface area contributed by atoms with E-state index in [2.05, 4.69) is 0 Å². The molecule has 0 atom stereocenters. The molecule has 0 aromatic heterocycles. The summed E-state index contributed by atoms with van der Waals surface area (Å²) in [6.07, 6.45) is 1.53. The highest BCUT2D eigenvalue weighted by atomic mass is 32.2. The molecule has 0 spiro atoms. The monoisotopic (exact) mass is 427 g/mol. The first-order chi connectivity index (χ1) is 14.4. The van der Waals surface area contributed by atoms with Crippen molar-refractivity contribution in [1.82, 2.24) is 4.90 Å². The van der Waals surface area contributed by atoms with Gasteiger partial charge >= 0.3 is 5.97 Å². The second-order valence-corrected chi connectivity index (χ2v) is 7.54. The van der Waals surface area contributed by atoms with Crippen molar-refractivity contribution in [2.24, 2.45) is 0 Å². The average molecular weight is 427 g/mol. The highest BCUT2D eigenvalue weighted by Crippen LogP contribution is 2.38. The van der Waals surface area contributed by atoms with Gasteiger partial charge in [-0.3, -0.25) is 14.5 Å². The fourth-order valence-electron chi connectivity index (χ4n) is 2.86. The minimum atomic E-state index is -1.13. The molecule has 3 rings (SSSR count). The van der Waals surface area contributed by atoms with E-state index in [9.17, 15) is 14.4 Å². The van der Waals surface area contributed by atoms with Gasteiger partial charge in [0, 0.05) is 5.56 Å². The summed E-state index contributed by atoms with van der Waals surface area (Å²) in [6, 6.07) is 12.7. The molecule has 2 aromatic carbocycles. The number of nitrogens with zero attached hydrogens (tertiary/aromatic N) is 1. The Hall–Kier alpha value is -3.26. The largest absolute Gasteiger partial charge is 0.490 e. The highest BCUT2D eigenvalue weighted by molar-refractivity contribution is 8.18. The summed E-state index contributed by atoms with van der Waals surface area (Å²) >= 11 is 0.837. The Balaban J connectivity index is 1.88. The Kier molecular flexibility index (Phi) is 6.79. The summed E-state index contributed by atoms with van der Waals surface area (Å²) < 4.78 is 10.9. The molecule has 2 amide bonds. The fourth-order valence-corrected chi connectivity index (χ4v) is 3.69. The lowest BCUT2D eigenvalue weighted by Crippen LogP contribution is -2.27. The Bertz CT molecular complexity index is 999. The number of para-hydroxylation sites is 1. The number of carboxylic acid groups (broad SMARTS) is 1. The molecule has 0 unspecified atom stereocenters. The summed E-state index contributed by atoms with van der Waals surface area (Å²) in [6.45, 7) is 3.75. The van der Waals surface area contributed by atoms with Gasteiger partial charge in [-0.2, -0.15) is 0 Å². The molecule has 2 aromatic rings. The molecular formula is C22H21NO6S. The molecule has 0 radical (unpaired) electrons. The molecule has 7 nitrogen and oxygen atoms in total. The number of carbonyl (C=O) groups is 3.